The highest BCUT2D eigenvalue weighted by Crippen LogP contribution is 2.43. The second kappa shape index (κ2) is 4.65. The smallest absolute Gasteiger partial charge is 0.0635 e. The van der Waals surface area contributed by atoms with Gasteiger partial charge in [0.1, 0.15) is 0 Å². The van der Waals surface area contributed by atoms with Gasteiger partial charge in [0.25, 0.3) is 0 Å². The first-order valence-corrected chi connectivity index (χ1v) is 6.47. The molecule has 1 atom stereocenters. The van der Waals surface area contributed by atoms with Crippen LogP contribution in [0.4, 0.5) is 0 Å². The molecule has 0 N–H and O–H groups in total. The number of aryl methyl sites for hydroxylation is 2. The largest absolute Gasteiger partial charge is 0.0749 e. The van der Waals surface area contributed by atoms with Gasteiger partial charge < -0.3 is 0 Å². The maximum Gasteiger partial charge on any atom is 0.0749 e. The summed E-state index contributed by atoms with van der Waals surface area (Å²) in [7, 11) is 6.53. The second-order valence-corrected chi connectivity index (χ2v) is 5.51. The van der Waals surface area contributed by atoms with Gasteiger partial charge in [-0.05, 0) is 36.3 Å². The number of hydrogen-bond acceptors (Lipinski definition) is 0. The molecule has 2 rings (SSSR count). The quantitative estimate of drug-likeness (QED) is 0.618. The number of hydrogen-bond donors (Lipinski definition) is 0. The zero-order valence-corrected chi connectivity index (χ0v) is 10.5. The lowest BCUT2D eigenvalue weighted by molar-refractivity contribution is 0.347. The maximum atomic E-state index is 6.53. The molecule has 1 aliphatic rings. The molecule has 0 bridgehead atoms. The van der Waals surface area contributed by atoms with Crippen molar-refractivity contribution >= 4 is 7.85 Å². The lowest BCUT2D eigenvalue weighted by Gasteiger charge is -2.36. The molecule has 1 aromatic rings. The summed E-state index contributed by atoms with van der Waals surface area (Å²) in [6.45, 7) is 4.51. The molecular weight excluding hydrogens is 191 g/mol. The minimum atomic E-state index is 0.0491. The monoisotopic (exact) mass is 212 g/mol. The van der Waals surface area contributed by atoms with Gasteiger partial charge in [0.15, 0.2) is 0 Å². The third kappa shape index (κ3) is 2.34. The van der Waals surface area contributed by atoms with Crippen molar-refractivity contribution in [3.63, 3.8) is 0 Å². The third-order valence-corrected chi connectivity index (χ3v) is 4.22. The highest BCUT2D eigenvalue weighted by atomic mass is 14.3. The molecule has 0 amide bonds. The van der Waals surface area contributed by atoms with Crippen LogP contribution in [-0.4, -0.2) is 7.85 Å². The van der Waals surface area contributed by atoms with Crippen LogP contribution < -0.4 is 0 Å². The van der Waals surface area contributed by atoms with Crippen LogP contribution in [0.15, 0.2) is 24.3 Å². The lowest BCUT2D eigenvalue weighted by atomic mass is 9.56. The van der Waals surface area contributed by atoms with Crippen LogP contribution in [0, 0.1) is 5.92 Å². The number of fused-ring (bicyclic) bond motifs is 1. The summed E-state index contributed by atoms with van der Waals surface area (Å²) >= 11 is 0. The van der Waals surface area contributed by atoms with E-state index in [1.807, 2.05) is 0 Å². The van der Waals surface area contributed by atoms with Gasteiger partial charge >= 0.3 is 0 Å². The predicted octanol–water partition coefficient (Wildman–Crippen LogP) is 3.94. The van der Waals surface area contributed by atoms with Gasteiger partial charge in [-0.2, -0.15) is 0 Å². The average molecular weight is 212 g/mol. The van der Waals surface area contributed by atoms with Gasteiger partial charge in [0.2, 0.25) is 0 Å². The standard InChI is InChI=1S/C15H21B/c1-12(2)15(16)10-5-8-13-6-3-4-7-14(13)9-11-15/h3-4,6-7,12H,5,8-11H2,1-2H3. The van der Waals surface area contributed by atoms with E-state index < -0.39 is 0 Å². The zero-order valence-electron chi connectivity index (χ0n) is 10.5. The Balaban J connectivity index is 2.19. The lowest BCUT2D eigenvalue weighted by Crippen LogP contribution is -2.23. The molecule has 1 aromatic carbocycles. The van der Waals surface area contributed by atoms with Crippen LogP contribution in [0.1, 0.15) is 44.2 Å². The first-order valence-electron chi connectivity index (χ1n) is 6.47. The van der Waals surface area contributed by atoms with Gasteiger partial charge in [-0.1, -0.05) is 56.3 Å². The molecule has 1 aliphatic carbocycles. The summed E-state index contributed by atoms with van der Waals surface area (Å²) in [5.41, 5.74) is 3.05. The molecule has 84 valence electrons. The summed E-state index contributed by atoms with van der Waals surface area (Å²) in [6.07, 6.45) is 5.86. The van der Waals surface area contributed by atoms with Gasteiger partial charge in [-0.15, -0.1) is 0 Å². The maximum absolute atomic E-state index is 6.53. The fourth-order valence-corrected chi connectivity index (χ4v) is 2.72. The molecule has 0 fully saturated rings. The van der Waals surface area contributed by atoms with Crippen molar-refractivity contribution in [3.05, 3.63) is 35.4 Å². The Morgan fingerprint density at radius 1 is 1.06 bits per heavy atom. The third-order valence-electron chi connectivity index (χ3n) is 4.22. The minimum Gasteiger partial charge on any atom is -0.0635 e. The van der Waals surface area contributed by atoms with E-state index in [-0.39, 0.29) is 5.31 Å². The summed E-state index contributed by atoms with van der Waals surface area (Å²) in [5, 5.41) is 0.0491. The van der Waals surface area contributed by atoms with Gasteiger partial charge in [-0.25, -0.2) is 0 Å². The topological polar surface area (TPSA) is 0 Å². The first kappa shape index (κ1) is 11.8. The zero-order chi connectivity index (χ0) is 11.6. The van der Waals surface area contributed by atoms with Crippen LogP contribution in [-0.2, 0) is 12.8 Å². The molecule has 0 aromatic heterocycles. The summed E-state index contributed by atoms with van der Waals surface area (Å²) in [5.74, 6) is 0.581. The van der Waals surface area contributed by atoms with Crippen molar-refractivity contribution in [3.8, 4) is 0 Å². The van der Waals surface area contributed by atoms with Crippen LogP contribution in [0.3, 0.4) is 0 Å². The van der Waals surface area contributed by atoms with Gasteiger partial charge in [-0.3, -0.25) is 0 Å². The van der Waals surface area contributed by atoms with E-state index in [2.05, 4.69) is 38.1 Å². The molecule has 16 heavy (non-hydrogen) atoms. The summed E-state index contributed by atoms with van der Waals surface area (Å²) < 4.78 is 0. The first-order chi connectivity index (χ1) is 7.62. The van der Waals surface area contributed by atoms with Crippen LogP contribution >= 0.6 is 0 Å². The Bertz CT molecular complexity index is 356. The number of benzene rings is 1. The number of rotatable bonds is 1. The summed E-state index contributed by atoms with van der Waals surface area (Å²) in [6, 6.07) is 8.84. The van der Waals surface area contributed by atoms with Crippen molar-refractivity contribution in [1.29, 1.82) is 0 Å². The molecule has 1 heteroatoms. The van der Waals surface area contributed by atoms with E-state index in [0.29, 0.717) is 5.92 Å². The Kier molecular flexibility index (Phi) is 3.42. The molecule has 0 spiro atoms. The van der Waals surface area contributed by atoms with E-state index in [4.69, 9.17) is 7.85 Å². The van der Waals surface area contributed by atoms with Crippen molar-refractivity contribution in [2.75, 3.05) is 0 Å². The minimum absolute atomic E-state index is 0.0491. The molecule has 0 nitrogen and oxygen atoms in total. The Hall–Kier alpha value is -0.715. The van der Waals surface area contributed by atoms with Crippen LogP contribution in [0.5, 0.6) is 0 Å². The van der Waals surface area contributed by atoms with Crippen LogP contribution in [0.25, 0.3) is 0 Å². The highest BCUT2D eigenvalue weighted by molar-refractivity contribution is 6.15. The highest BCUT2D eigenvalue weighted by Gasteiger charge is 2.28. The van der Waals surface area contributed by atoms with Crippen LogP contribution in [0.2, 0.25) is 5.31 Å². The Morgan fingerprint density at radius 3 is 2.31 bits per heavy atom. The SMILES string of the molecule is [B]C1(C(C)C)CCCc2ccccc2CC1. The van der Waals surface area contributed by atoms with Gasteiger partial charge in [0, 0.05) is 0 Å². The molecule has 1 unspecified atom stereocenters. The van der Waals surface area contributed by atoms with E-state index in [1.54, 1.807) is 0 Å². The van der Waals surface area contributed by atoms with Crippen molar-refractivity contribution in [1.82, 2.24) is 0 Å². The van der Waals surface area contributed by atoms with E-state index >= 15 is 0 Å². The average Bonchev–Trinajstić information content (AvgIpc) is 2.25. The molecule has 0 saturated carbocycles. The molecular formula is C15H21B. The van der Waals surface area contributed by atoms with Crippen molar-refractivity contribution < 1.29 is 0 Å². The van der Waals surface area contributed by atoms with E-state index in [1.165, 1.54) is 30.4 Å². The predicted molar refractivity (Wildman–Crippen MR) is 71.0 cm³/mol. The Labute approximate surface area is 101 Å². The van der Waals surface area contributed by atoms with E-state index in [0.717, 1.165) is 12.8 Å². The second-order valence-electron chi connectivity index (χ2n) is 5.51. The van der Waals surface area contributed by atoms with Gasteiger partial charge in [0.05, 0.1) is 7.85 Å². The molecule has 2 radical (unpaired) electrons. The fraction of sp³-hybridized carbons (Fsp3) is 0.600. The molecule has 0 saturated heterocycles. The van der Waals surface area contributed by atoms with Crippen molar-refractivity contribution in [2.24, 2.45) is 5.92 Å². The summed E-state index contributed by atoms with van der Waals surface area (Å²) in [4.78, 5) is 0. The fourth-order valence-electron chi connectivity index (χ4n) is 2.72. The molecule has 0 heterocycles. The normalized spacial score (nSPS) is 25.9. The van der Waals surface area contributed by atoms with Crippen molar-refractivity contribution in [2.45, 2.75) is 51.3 Å². The Morgan fingerprint density at radius 2 is 1.69 bits per heavy atom. The van der Waals surface area contributed by atoms with E-state index in [9.17, 15) is 0 Å². The molecule has 0 aliphatic heterocycles.